The highest BCUT2D eigenvalue weighted by Crippen LogP contribution is 2.14. The van der Waals surface area contributed by atoms with E-state index in [2.05, 4.69) is 5.32 Å². The lowest BCUT2D eigenvalue weighted by molar-refractivity contribution is -0.143. The van der Waals surface area contributed by atoms with Crippen LogP contribution >= 0.6 is 0 Å². The highest BCUT2D eigenvalue weighted by Gasteiger charge is 2.22. The van der Waals surface area contributed by atoms with Gasteiger partial charge in [-0.25, -0.2) is 0 Å². The monoisotopic (exact) mass is 292 g/mol. The minimum atomic E-state index is -0.542. The number of hydrogen-bond donors (Lipinski definition) is 1. The molecule has 0 amide bonds. The van der Waals surface area contributed by atoms with Crippen LogP contribution in [0.4, 0.5) is 5.69 Å². The van der Waals surface area contributed by atoms with Crippen molar-refractivity contribution < 1.29 is 14.3 Å². The highest BCUT2D eigenvalue weighted by atomic mass is 16.5. The molecule has 1 aromatic rings. The third-order valence-electron chi connectivity index (χ3n) is 3.11. The van der Waals surface area contributed by atoms with Gasteiger partial charge in [0, 0.05) is 25.3 Å². The van der Waals surface area contributed by atoms with Gasteiger partial charge >= 0.3 is 5.97 Å². The van der Waals surface area contributed by atoms with Crippen LogP contribution in [-0.4, -0.2) is 45.0 Å². The number of ether oxygens (including phenoxy) is 1. The van der Waals surface area contributed by atoms with Gasteiger partial charge in [-0.1, -0.05) is 6.92 Å². The zero-order valence-corrected chi connectivity index (χ0v) is 13.2. The van der Waals surface area contributed by atoms with Crippen molar-refractivity contribution in [3.8, 4) is 0 Å². The van der Waals surface area contributed by atoms with Crippen LogP contribution in [-0.2, 0) is 9.53 Å². The fraction of sp³-hybridized carbons (Fsp3) is 0.500. The number of esters is 1. The SMILES string of the molecule is CCNC(CC(=O)OCC)C(=O)c1ccc(N(C)C)cc1. The summed E-state index contributed by atoms with van der Waals surface area (Å²) >= 11 is 0. The molecule has 0 bridgehead atoms. The van der Waals surface area contributed by atoms with Gasteiger partial charge in [-0.05, 0) is 37.7 Å². The lowest BCUT2D eigenvalue weighted by Gasteiger charge is -2.17. The van der Waals surface area contributed by atoms with Crippen molar-refractivity contribution in [3.63, 3.8) is 0 Å². The third kappa shape index (κ3) is 5.19. The van der Waals surface area contributed by atoms with Crippen molar-refractivity contribution in [2.24, 2.45) is 0 Å². The molecular weight excluding hydrogens is 268 g/mol. The van der Waals surface area contributed by atoms with E-state index in [1.165, 1.54) is 0 Å². The van der Waals surface area contributed by atoms with E-state index < -0.39 is 6.04 Å². The summed E-state index contributed by atoms with van der Waals surface area (Å²) in [4.78, 5) is 26.0. The predicted octanol–water partition coefficient (Wildman–Crippen LogP) is 1.87. The second-order valence-electron chi connectivity index (χ2n) is 4.92. The molecule has 0 spiro atoms. The molecule has 1 atom stereocenters. The number of Topliss-reactive ketones (excluding diaryl/α,β-unsaturated/α-hetero) is 1. The van der Waals surface area contributed by atoms with Crippen LogP contribution in [0.1, 0.15) is 30.6 Å². The number of hydrogen-bond acceptors (Lipinski definition) is 5. The van der Waals surface area contributed by atoms with Crippen LogP contribution in [0.3, 0.4) is 0 Å². The van der Waals surface area contributed by atoms with Crippen LogP contribution in [0, 0.1) is 0 Å². The van der Waals surface area contributed by atoms with E-state index in [9.17, 15) is 9.59 Å². The molecule has 0 radical (unpaired) electrons. The molecule has 116 valence electrons. The number of ketones is 1. The largest absolute Gasteiger partial charge is 0.466 e. The number of carbonyl (C=O) groups is 2. The third-order valence-corrected chi connectivity index (χ3v) is 3.11. The molecular formula is C16H24N2O3. The number of nitrogens with one attached hydrogen (secondary N) is 1. The summed E-state index contributed by atoms with van der Waals surface area (Å²) in [6.07, 6.45) is 0.0515. The van der Waals surface area contributed by atoms with Gasteiger partial charge < -0.3 is 15.0 Å². The number of nitrogens with zero attached hydrogens (tertiary/aromatic N) is 1. The Morgan fingerprint density at radius 3 is 2.29 bits per heavy atom. The molecule has 0 aliphatic carbocycles. The van der Waals surface area contributed by atoms with E-state index in [-0.39, 0.29) is 18.2 Å². The van der Waals surface area contributed by atoms with Gasteiger partial charge in [0.25, 0.3) is 0 Å². The Labute approximate surface area is 126 Å². The lowest BCUT2D eigenvalue weighted by atomic mass is 10.0. The molecule has 5 nitrogen and oxygen atoms in total. The lowest BCUT2D eigenvalue weighted by Crippen LogP contribution is -2.39. The standard InChI is InChI=1S/C16H24N2O3/c1-5-17-14(11-15(19)21-6-2)16(20)12-7-9-13(10-8-12)18(3)4/h7-10,14,17H,5-6,11H2,1-4H3. The summed E-state index contributed by atoms with van der Waals surface area (Å²) in [5, 5.41) is 3.05. The van der Waals surface area contributed by atoms with Crippen molar-refractivity contribution in [2.75, 3.05) is 32.1 Å². The second kappa shape index (κ2) is 8.42. The van der Waals surface area contributed by atoms with Gasteiger partial charge in [0.05, 0.1) is 19.1 Å². The molecule has 0 aliphatic heterocycles. The van der Waals surface area contributed by atoms with E-state index >= 15 is 0 Å². The van der Waals surface area contributed by atoms with E-state index in [4.69, 9.17) is 4.74 Å². The summed E-state index contributed by atoms with van der Waals surface area (Å²) in [5.41, 5.74) is 1.62. The molecule has 1 aromatic carbocycles. The first kappa shape index (κ1) is 17.2. The molecule has 21 heavy (non-hydrogen) atoms. The minimum Gasteiger partial charge on any atom is -0.466 e. The second-order valence-corrected chi connectivity index (χ2v) is 4.92. The first-order chi connectivity index (χ1) is 9.99. The zero-order valence-electron chi connectivity index (χ0n) is 13.2. The van der Waals surface area contributed by atoms with Crippen LogP contribution in [0.15, 0.2) is 24.3 Å². The maximum absolute atomic E-state index is 12.5. The van der Waals surface area contributed by atoms with E-state index in [0.717, 1.165) is 5.69 Å². The molecule has 0 aliphatic rings. The van der Waals surface area contributed by atoms with Gasteiger partial charge in [-0.15, -0.1) is 0 Å². The summed E-state index contributed by atoms with van der Waals surface area (Å²) in [7, 11) is 3.89. The number of rotatable bonds is 8. The van der Waals surface area contributed by atoms with Crippen LogP contribution in [0.5, 0.6) is 0 Å². The Balaban J connectivity index is 2.82. The Hall–Kier alpha value is -1.88. The highest BCUT2D eigenvalue weighted by molar-refractivity contribution is 6.02. The summed E-state index contributed by atoms with van der Waals surface area (Å²) in [6, 6.07) is 6.81. The van der Waals surface area contributed by atoms with E-state index in [1.54, 1.807) is 19.1 Å². The van der Waals surface area contributed by atoms with Crippen molar-refractivity contribution >= 4 is 17.4 Å². The van der Waals surface area contributed by atoms with Crippen LogP contribution < -0.4 is 10.2 Å². The Morgan fingerprint density at radius 2 is 1.81 bits per heavy atom. The van der Waals surface area contributed by atoms with Gasteiger partial charge in [0.2, 0.25) is 0 Å². The smallest absolute Gasteiger partial charge is 0.307 e. The normalized spacial score (nSPS) is 11.8. The van der Waals surface area contributed by atoms with Gasteiger partial charge in [0.15, 0.2) is 5.78 Å². The molecule has 1 N–H and O–H groups in total. The zero-order chi connectivity index (χ0) is 15.8. The molecule has 0 saturated heterocycles. The Morgan fingerprint density at radius 1 is 1.19 bits per heavy atom. The number of anilines is 1. The molecule has 0 heterocycles. The van der Waals surface area contributed by atoms with Crippen LogP contribution in [0.25, 0.3) is 0 Å². The summed E-state index contributed by atoms with van der Waals surface area (Å²) < 4.78 is 4.92. The maximum atomic E-state index is 12.5. The minimum absolute atomic E-state index is 0.0515. The average Bonchev–Trinajstić information content (AvgIpc) is 2.46. The molecule has 0 fully saturated rings. The summed E-state index contributed by atoms with van der Waals surface area (Å²) in [5.74, 6) is -0.447. The van der Waals surface area contributed by atoms with Crippen molar-refractivity contribution in [1.82, 2.24) is 5.32 Å². The molecule has 0 aromatic heterocycles. The predicted molar refractivity (Wildman–Crippen MR) is 83.8 cm³/mol. The van der Waals surface area contributed by atoms with Crippen molar-refractivity contribution in [1.29, 1.82) is 0 Å². The molecule has 1 rings (SSSR count). The Kier molecular flexibility index (Phi) is 6.88. The fourth-order valence-electron chi connectivity index (χ4n) is 2.02. The van der Waals surface area contributed by atoms with Gasteiger partial charge in [-0.2, -0.15) is 0 Å². The first-order valence-electron chi connectivity index (χ1n) is 7.20. The quantitative estimate of drug-likeness (QED) is 0.585. The van der Waals surface area contributed by atoms with E-state index in [0.29, 0.717) is 18.7 Å². The topological polar surface area (TPSA) is 58.6 Å². The van der Waals surface area contributed by atoms with Crippen molar-refractivity contribution in [3.05, 3.63) is 29.8 Å². The first-order valence-corrected chi connectivity index (χ1v) is 7.20. The van der Waals surface area contributed by atoms with Gasteiger partial charge in [-0.3, -0.25) is 9.59 Å². The maximum Gasteiger partial charge on any atom is 0.307 e. The van der Waals surface area contributed by atoms with Gasteiger partial charge in [0.1, 0.15) is 0 Å². The Bertz CT molecular complexity index is 469. The molecule has 0 saturated carbocycles. The van der Waals surface area contributed by atoms with E-state index in [1.807, 2.05) is 38.1 Å². The number of benzene rings is 1. The number of carbonyl (C=O) groups excluding carboxylic acids is 2. The summed E-state index contributed by atoms with van der Waals surface area (Å²) in [6.45, 7) is 4.59. The van der Waals surface area contributed by atoms with Crippen LogP contribution in [0.2, 0.25) is 0 Å². The average molecular weight is 292 g/mol. The molecule has 1 unspecified atom stereocenters. The fourth-order valence-corrected chi connectivity index (χ4v) is 2.02. The molecule has 5 heteroatoms. The number of likely N-dealkylation sites (N-methyl/N-ethyl adjacent to an activating group) is 1. The van der Waals surface area contributed by atoms with Crippen molar-refractivity contribution in [2.45, 2.75) is 26.3 Å².